The van der Waals surface area contributed by atoms with Crippen LogP contribution in [0.4, 0.5) is 4.39 Å². The van der Waals surface area contributed by atoms with Crippen LogP contribution in [0.2, 0.25) is 5.02 Å². The molecule has 0 aliphatic rings. The van der Waals surface area contributed by atoms with Crippen molar-refractivity contribution in [3.8, 4) is 0 Å². The summed E-state index contributed by atoms with van der Waals surface area (Å²) in [5.41, 5.74) is 7.06. The van der Waals surface area contributed by atoms with Gasteiger partial charge in [0.1, 0.15) is 5.82 Å². The predicted octanol–water partition coefficient (Wildman–Crippen LogP) is 3.70. The van der Waals surface area contributed by atoms with Gasteiger partial charge in [-0.25, -0.2) is 4.39 Å². The van der Waals surface area contributed by atoms with E-state index in [1.165, 1.54) is 6.07 Å². The molecule has 0 amide bonds. The standard InChI is InChI=1S/C15H15ClFNO/c16-12-5-3-4-11(8-12)10-19-15(9-18)13-6-1-2-7-14(13)17/h1-8,15H,9-10,18H2. The van der Waals surface area contributed by atoms with Gasteiger partial charge in [0.25, 0.3) is 0 Å². The zero-order valence-electron chi connectivity index (χ0n) is 10.4. The van der Waals surface area contributed by atoms with Crippen LogP contribution < -0.4 is 5.73 Å². The van der Waals surface area contributed by atoms with Crippen molar-refractivity contribution in [3.05, 3.63) is 70.5 Å². The SMILES string of the molecule is NCC(OCc1cccc(Cl)c1)c1ccccc1F. The van der Waals surface area contributed by atoms with Gasteiger partial charge in [0.05, 0.1) is 12.7 Å². The molecule has 0 aliphatic heterocycles. The lowest BCUT2D eigenvalue weighted by molar-refractivity contribution is 0.0433. The van der Waals surface area contributed by atoms with Gasteiger partial charge in [0.2, 0.25) is 0 Å². The van der Waals surface area contributed by atoms with Gasteiger partial charge in [-0.05, 0) is 23.8 Å². The predicted molar refractivity (Wildman–Crippen MR) is 74.4 cm³/mol. The fourth-order valence-corrected chi connectivity index (χ4v) is 2.06. The van der Waals surface area contributed by atoms with E-state index in [4.69, 9.17) is 22.1 Å². The van der Waals surface area contributed by atoms with Crippen molar-refractivity contribution < 1.29 is 9.13 Å². The Labute approximate surface area is 117 Å². The van der Waals surface area contributed by atoms with E-state index >= 15 is 0 Å². The number of hydrogen-bond acceptors (Lipinski definition) is 2. The molecule has 0 saturated heterocycles. The summed E-state index contributed by atoms with van der Waals surface area (Å²) in [6.45, 7) is 0.568. The van der Waals surface area contributed by atoms with Crippen molar-refractivity contribution in [2.45, 2.75) is 12.7 Å². The molecule has 100 valence electrons. The van der Waals surface area contributed by atoms with Crippen molar-refractivity contribution in [3.63, 3.8) is 0 Å². The maximum Gasteiger partial charge on any atom is 0.129 e. The average Bonchev–Trinajstić information content (AvgIpc) is 2.41. The molecule has 0 saturated carbocycles. The molecule has 0 aliphatic carbocycles. The van der Waals surface area contributed by atoms with Crippen LogP contribution in [0.5, 0.6) is 0 Å². The topological polar surface area (TPSA) is 35.2 Å². The monoisotopic (exact) mass is 279 g/mol. The van der Waals surface area contributed by atoms with Crippen molar-refractivity contribution in [1.29, 1.82) is 0 Å². The number of nitrogens with two attached hydrogens (primary N) is 1. The van der Waals surface area contributed by atoms with E-state index in [1.54, 1.807) is 24.3 Å². The highest BCUT2D eigenvalue weighted by Gasteiger charge is 2.14. The molecule has 1 unspecified atom stereocenters. The fraction of sp³-hybridized carbons (Fsp3) is 0.200. The van der Waals surface area contributed by atoms with E-state index < -0.39 is 6.10 Å². The van der Waals surface area contributed by atoms with Crippen molar-refractivity contribution in [1.82, 2.24) is 0 Å². The number of benzene rings is 2. The van der Waals surface area contributed by atoms with Crippen LogP contribution in [0.3, 0.4) is 0 Å². The molecule has 0 aromatic heterocycles. The number of rotatable bonds is 5. The Balaban J connectivity index is 2.06. The summed E-state index contributed by atoms with van der Waals surface area (Å²) in [7, 11) is 0. The molecule has 19 heavy (non-hydrogen) atoms. The molecule has 0 radical (unpaired) electrons. The van der Waals surface area contributed by atoms with E-state index in [9.17, 15) is 4.39 Å². The molecule has 2 nitrogen and oxygen atoms in total. The fourth-order valence-electron chi connectivity index (χ4n) is 1.84. The van der Waals surface area contributed by atoms with Crippen LogP contribution in [-0.4, -0.2) is 6.54 Å². The molecule has 0 bridgehead atoms. The third-order valence-electron chi connectivity index (χ3n) is 2.81. The summed E-state index contributed by atoms with van der Waals surface area (Å²) in [6.07, 6.45) is -0.458. The quantitative estimate of drug-likeness (QED) is 0.906. The van der Waals surface area contributed by atoms with Crippen molar-refractivity contribution in [2.24, 2.45) is 5.73 Å². The van der Waals surface area contributed by atoms with Gasteiger partial charge in [0.15, 0.2) is 0 Å². The minimum atomic E-state index is -0.458. The third kappa shape index (κ3) is 3.77. The van der Waals surface area contributed by atoms with Crippen LogP contribution >= 0.6 is 11.6 Å². The smallest absolute Gasteiger partial charge is 0.129 e. The first-order valence-corrected chi connectivity index (χ1v) is 6.39. The minimum Gasteiger partial charge on any atom is -0.367 e. The zero-order valence-corrected chi connectivity index (χ0v) is 11.1. The highest BCUT2D eigenvalue weighted by Crippen LogP contribution is 2.21. The molecule has 0 fully saturated rings. The molecule has 0 spiro atoms. The summed E-state index contributed by atoms with van der Waals surface area (Å²) in [5.74, 6) is -0.302. The van der Waals surface area contributed by atoms with Gasteiger partial charge in [-0.15, -0.1) is 0 Å². The largest absolute Gasteiger partial charge is 0.367 e. The van der Waals surface area contributed by atoms with Gasteiger partial charge in [-0.3, -0.25) is 0 Å². The highest BCUT2D eigenvalue weighted by molar-refractivity contribution is 6.30. The molecule has 2 aromatic rings. The second-order valence-electron chi connectivity index (χ2n) is 4.19. The third-order valence-corrected chi connectivity index (χ3v) is 3.04. The molecule has 1 atom stereocenters. The van der Waals surface area contributed by atoms with Crippen molar-refractivity contribution in [2.75, 3.05) is 6.54 Å². The Bertz CT molecular complexity index is 547. The van der Waals surface area contributed by atoms with Gasteiger partial charge in [-0.2, -0.15) is 0 Å². The molecule has 4 heteroatoms. The molecular weight excluding hydrogens is 265 g/mol. The molecule has 0 heterocycles. The number of ether oxygens (including phenoxy) is 1. The van der Waals surface area contributed by atoms with Crippen molar-refractivity contribution >= 4 is 11.6 Å². The van der Waals surface area contributed by atoms with Crippen LogP contribution in [-0.2, 0) is 11.3 Å². The summed E-state index contributed by atoms with van der Waals surface area (Å²) < 4.78 is 19.3. The van der Waals surface area contributed by atoms with E-state index in [1.807, 2.05) is 18.2 Å². The van der Waals surface area contributed by atoms with Crippen LogP contribution in [0.1, 0.15) is 17.2 Å². The zero-order chi connectivity index (χ0) is 13.7. The summed E-state index contributed by atoms with van der Waals surface area (Å²) >= 11 is 5.90. The Morgan fingerprint density at radius 3 is 2.63 bits per heavy atom. The van der Waals surface area contributed by atoms with Gasteiger partial charge < -0.3 is 10.5 Å². The molecule has 2 N–H and O–H groups in total. The Morgan fingerprint density at radius 1 is 1.16 bits per heavy atom. The first kappa shape index (κ1) is 14.0. The first-order chi connectivity index (χ1) is 9.20. The summed E-state index contributed by atoms with van der Waals surface area (Å²) in [6, 6.07) is 13.9. The van der Waals surface area contributed by atoms with E-state index in [0.717, 1.165) is 5.56 Å². The van der Waals surface area contributed by atoms with Gasteiger partial charge in [0, 0.05) is 17.1 Å². The van der Waals surface area contributed by atoms with E-state index in [0.29, 0.717) is 17.2 Å². The summed E-state index contributed by atoms with van der Waals surface area (Å²) in [5, 5.41) is 0.649. The maximum absolute atomic E-state index is 13.7. The lowest BCUT2D eigenvalue weighted by Crippen LogP contribution is -2.17. The lowest BCUT2D eigenvalue weighted by atomic mass is 10.1. The normalized spacial score (nSPS) is 12.4. The second kappa shape index (κ2) is 6.66. The Hall–Kier alpha value is -1.42. The Kier molecular flexibility index (Phi) is 4.91. The van der Waals surface area contributed by atoms with Crippen LogP contribution in [0.25, 0.3) is 0 Å². The summed E-state index contributed by atoms with van der Waals surface area (Å²) in [4.78, 5) is 0. The molecular formula is C15H15ClFNO. The molecule has 2 rings (SSSR count). The maximum atomic E-state index is 13.7. The number of halogens is 2. The first-order valence-electron chi connectivity index (χ1n) is 6.01. The van der Waals surface area contributed by atoms with Crippen LogP contribution in [0.15, 0.2) is 48.5 Å². The second-order valence-corrected chi connectivity index (χ2v) is 4.62. The van der Waals surface area contributed by atoms with Crippen LogP contribution in [0, 0.1) is 5.82 Å². The Morgan fingerprint density at radius 2 is 1.95 bits per heavy atom. The molecule has 2 aromatic carbocycles. The van der Waals surface area contributed by atoms with Gasteiger partial charge in [-0.1, -0.05) is 41.9 Å². The highest BCUT2D eigenvalue weighted by atomic mass is 35.5. The van der Waals surface area contributed by atoms with E-state index in [-0.39, 0.29) is 12.4 Å². The minimum absolute atomic E-state index is 0.224. The van der Waals surface area contributed by atoms with E-state index in [2.05, 4.69) is 0 Å². The van der Waals surface area contributed by atoms with Gasteiger partial charge >= 0.3 is 0 Å². The number of hydrogen-bond donors (Lipinski definition) is 1. The lowest BCUT2D eigenvalue weighted by Gasteiger charge is -2.17. The average molecular weight is 280 g/mol.